The largest absolute Gasteiger partial charge is 0.256 e. The molecule has 196 valence electrons. The normalized spacial score (nSPS) is 11.8. The van der Waals surface area contributed by atoms with E-state index in [-0.39, 0.29) is 0 Å². The van der Waals surface area contributed by atoms with Gasteiger partial charge in [0.05, 0.1) is 5.69 Å². The molecule has 0 saturated carbocycles. The van der Waals surface area contributed by atoms with Gasteiger partial charge in [-0.2, -0.15) is 0 Å². The summed E-state index contributed by atoms with van der Waals surface area (Å²) in [4.78, 5) is 4.79. The highest BCUT2D eigenvalue weighted by molar-refractivity contribution is 6.76. The summed E-state index contributed by atoms with van der Waals surface area (Å²) < 4.78 is 0. The standard InChI is InChI=1S/C33H55NSi/c1-5-6-7-8-14-18-22-31-25-26-33(34-29-31)32-24-20-23-30(28-32)21-17-15-12-10-9-11-13-16-19-27-35(2,3)4/h20,23-26,28-29H,5-19,21-22,27H2,1-4H3. The third kappa shape index (κ3) is 14.7. The first-order valence-electron chi connectivity index (χ1n) is 15.0. The van der Waals surface area contributed by atoms with Crippen LogP contribution in [0.15, 0.2) is 42.6 Å². The Balaban J connectivity index is 1.58. The number of hydrogen-bond acceptors (Lipinski definition) is 1. The number of pyridine rings is 1. The van der Waals surface area contributed by atoms with Crippen molar-refractivity contribution in [3.05, 3.63) is 53.7 Å². The molecule has 0 fully saturated rings. The summed E-state index contributed by atoms with van der Waals surface area (Å²) in [5.41, 5.74) is 5.22. The van der Waals surface area contributed by atoms with Gasteiger partial charge >= 0.3 is 0 Å². The molecule has 2 rings (SSSR count). The number of aryl methyl sites for hydroxylation is 2. The summed E-state index contributed by atoms with van der Waals surface area (Å²) >= 11 is 0. The second-order valence-corrected chi connectivity index (χ2v) is 17.6. The van der Waals surface area contributed by atoms with Crippen LogP contribution in [0.4, 0.5) is 0 Å². The highest BCUT2D eigenvalue weighted by Crippen LogP contribution is 2.21. The molecule has 0 atom stereocenters. The summed E-state index contributed by atoms with van der Waals surface area (Å²) in [5, 5.41) is 0. The zero-order chi connectivity index (χ0) is 25.2. The number of nitrogens with zero attached hydrogens (tertiary/aromatic N) is 1. The SMILES string of the molecule is CCCCCCCCc1ccc(-c2cccc(CCCCCCCCCCC[Si](C)(C)C)c2)nc1. The van der Waals surface area contributed by atoms with Gasteiger partial charge in [0.2, 0.25) is 0 Å². The number of unbranched alkanes of at least 4 members (excludes halogenated alkanes) is 13. The molecule has 0 bridgehead atoms. The lowest BCUT2D eigenvalue weighted by Gasteiger charge is -2.14. The van der Waals surface area contributed by atoms with Gasteiger partial charge in [-0.3, -0.25) is 4.98 Å². The molecule has 0 aliphatic carbocycles. The molecule has 0 saturated heterocycles. The van der Waals surface area contributed by atoms with Crippen molar-refractivity contribution in [3.63, 3.8) is 0 Å². The van der Waals surface area contributed by atoms with Crippen molar-refractivity contribution in [2.45, 2.75) is 142 Å². The average molecular weight is 494 g/mol. The van der Waals surface area contributed by atoms with E-state index in [1.807, 2.05) is 0 Å². The van der Waals surface area contributed by atoms with Crippen molar-refractivity contribution in [3.8, 4) is 11.3 Å². The molecule has 0 amide bonds. The molecule has 0 unspecified atom stereocenters. The monoisotopic (exact) mass is 493 g/mol. The molecule has 0 spiro atoms. The van der Waals surface area contributed by atoms with Crippen molar-refractivity contribution in [1.82, 2.24) is 4.98 Å². The smallest absolute Gasteiger partial charge is 0.0702 e. The zero-order valence-corrected chi connectivity index (χ0v) is 24.7. The van der Waals surface area contributed by atoms with Gasteiger partial charge in [-0.1, -0.05) is 140 Å². The van der Waals surface area contributed by atoms with Crippen LogP contribution in [0.5, 0.6) is 0 Å². The van der Waals surface area contributed by atoms with Gasteiger partial charge in [-0.25, -0.2) is 0 Å². The lowest BCUT2D eigenvalue weighted by atomic mass is 10.0. The second-order valence-electron chi connectivity index (χ2n) is 12.0. The molecule has 0 aliphatic heterocycles. The lowest BCUT2D eigenvalue weighted by Crippen LogP contribution is -2.18. The van der Waals surface area contributed by atoms with Crippen LogP contribution in [0.25, 0.3) is 11.3 Å². The highest BCUT2D eigenvalue weighted by atomic mass is 28.3. The van der Waals surface area contributed by atoms with E-state index < -0.39 is 8.07 Å². The third-order valence-electron chi connectivity index (χ3n) is 7.26. The first-order valence-corrected chi connectivity index (χ1v) is 18.7. The molecule has 1 heterocycles. The summed E-state index contributed by atoms with van der Waals surface area (Å²) in [6.07, 6.45) is 25.3. The van der Waals surface area contributed by atoms with Crippen molar-refractivity contribution in [2.75, 3.05) is 0 Å². The summed E-state index contributed by atoms with van der Waals surface area (Å²) in [5.74, 6) is 0. The van der Waals surface area contributed by atoms with Crippen LogP contribution in [0.3, 0.4) is 0 Å². The van der Waals surface area contributed by atoms with E-state index in [1.165, 1.54) is 125 Å². The Bertz CT molecular complexity index is 774. The van der Waals surface area contributed by atoms with Gasteiger partial charge in [0.1, 0.15) is 0 Å². The highest BCUT2D eigenvalue weighted by Gasteiger charge is 2.11. The minimum absolute atomic E-state index is 0.814. The van der Waals surface area contributed by atoms with E-state index in [9.17, 15) is 0 Å². The number of rotatable bonds is 20. The van der Waals surface area contributed by atoms with Crippen molar-refractivity contribution < 1.29 is 0 Å². The first-order chi connectivity index (χ1) is 17.0. The molecular weight excluding hydrogens is 438 g/mol. The molecule has 0 aliphatic rings. The molecule has 35 heavy (non-hydrogen) atoms. The van der Waals surface area contributed by atoms with Crippen LogP contribution in [0.1, 0.15) is 114 Å². The minimum atomic E-state index is -0.814. The van der Waals surface area contributed by atoms with Crippen LogP contribution in [-0.4, -0.2) is 13.1 Å². The van der Waals surface area contributed by atoms with Crippen LogP contribution < -0.4 is 0 Å². The number of aromatic nitrogens is 1. The molecular formula is C33H55NSi. The molecule has 2 heteroatoms. The van der Waals surface area contributed by atoms with Gasteiger partial charge in [0.15, 0.2) is 0 Å². The fourth-order valence-corrected chi connectivity index (χ4v) is 6.27. The van der Waals surface area contributed by atoms with Gasteiger partial charge in [-0.15, -0.1) is 0 Å². The van der Waals surface area contributed by atoms with Crippen molar-refractivity contribution in [2.24, 2.45) is 0 Å². The fraction of sp³-hybridized carbons (Fsp3) is 0.667. The summed E-state index contributed by atoms with van der Waals surface area (Å²) in [6.45, 7) is 9.77. The number of benzene rings is 1. The Morgan fingerprint density at radius 3 is 1.74 bits per heavy atom. The Hall–Kier alpha value is -1.41. The molecule has 1 aromatic carbocycles. The molecule has 0 radical (unpaired) electrons. The van der Waals surface area contributed by atoms with Gasteiger partial charge in [0.25, 0.3) is 0 Å². The Morgan fingerprint density at radius 2 is 1.17 bits per heavy atom. The maximum absolute atomic E-state index is 4.79. The van der Waals surface area contributed by atoms with E-state index >= 15 is 0 Å². The van der Waals surface area contributed by atoms with Gasteiger partial charge in [-0.05, 0) is 48.9 Å². The predicted octanol–water partition coefficient (Wildman–Crippen LogP) is 11.0. The van der Waals surface area contributed by atoms with Crippen LogP contribution in [0.2, 0.25) is 25.7 Å². The van der Waals surface area contributed by atoms with Gasteiger partial charge in [0, 0.05) is 19.8 Å². The zero-order valence-electron chi connectivity index (χ0n) is 23.7. The summed E-state index contributed by atoms with van der Waals surface area (Å²) in [6, 6.07) is 15.1. The van der Waals surface area contributed by atoms with Crippen LogP contribution in [0, 0.1) is 0 Å². The maximum atomic E-state index is 4.79. The predicted molar refractivity (Wildman–Crippen MR) is 160 cm³/mol. The average Bonchev–Trinajstić information content (AvgIpc) is 2.84. The van der Waals surface area contributed by atoms with Crippen molar-refractivity contribution >= 4 is 8.07 Å². The molecule has 2 aromatic rings. The quantitative estimate of drug-likeness (QED) is 0.132. The lowest BCUT2D eigenvalue weighted by molar-refractivity contribution is 0.564. The number of hydrogen-bond donors (Lipinski definition) is 0. The molecule has 0 N–H and O–H groups in total. The maximum Gasteiger partial charge on any atom is 0.0702 e. The Morgan fingerprint density at radius 1 is 0.600 bits per heavy atom. The summed E-state index contributed by atoms with van der Waals surface area (Å²) in [7, 11) is -0.814. The van der Waals surface area contributed by atoms with Crippen LogP contribution in [-0.2, 0) is 12.8 Å². The van der Waals surface area contributed by atoms with E-state index in [0.717, 1.165) is 12.1 Å². The van der Waals surface area contributed by atoms with E-state index in [0.29, 0.717) is 0 Å². The van der Waals surface area contributed by atoms with E-state index in [2.05, 4.69) is 69.2 Å². The third-order valence-corrected chi connectivity index (χ3v) is 9.11. The van der Waals surface area contributed by atoms with E-state index in [4.69, 9.17) is 4.98 Å². The van der Waals surface area contributed by atoms with Crippen molar-refractivity contribution in [1.29, 1.82) is 0 Å². The van der Waals surface area contributed by atoms with E-state index in [1.54, 1.807) is 0 Å². The second kappa shape index (κ2) is 17.9. The Labute approximate surface area is 219 Å². The fourth-order valence-electron chi connectivity index (χ4n) is 4.96. The topological polar surface area (TPSA) is 12.9 Å². The van der Waals surface area contributed by atoms with Gasteiger partial charge < -0.3 is 0 Å². The Kier molecular flexibility index (Phi) is 15.3. The molecule has 1 aromatic heterocycles. The van der Waals surface area contributed by atoms with Crippen LogP contribution >= 0.6 is 0 Å². The molecule has 1 nitrogen and oxygen atoms in total. The first kappa shape index (κ1) is 29.8. The minimum Gasteiger partial charge on any atom is -0.256 e.